The quantitative estimate of drug-likeness (QED) is 0.248. The van der Waals surface area contributed by atoms with Crippen LogP contribution in [0.5, 0.6) is 0 Å². The van der Waals surface area contributed by atoms with E-state index in [2.05, 4.69) is 60.6 Å². The van der Waals surface area contributed by atoms with E-state index in [0.29, 0.717) is 16.8 Å². The number of hydrogen-bond donors (Lipinski definition) is 2. The second kappa shape index (κ2) is 11.8. The maximum Gasteiger partial charge on any atom is 0.107 e. The number of imidazole rings is 1. The molecule has 0 aliphatic rings. The third kappa shape index (κ3) is 6.00. The first-order valence-electron chi connectivity index (χ1n) is 11.9. The predicted octanol–water partition coefficient (Wildman–Crippen LogP) is 7.65. The first-order valence-corrected chi connectivity index (χ1v) is 11.9. The van der Waals surface area contributed by atoms with Gasteiger partial charge in [0, 0.05) is 11.4 Å². The maximum absolute atomic E-state index is 9.10. The molecule has 190 valence electrons. The van der Waals surface area contributed by atoms with Gasteiger partial charge in [0.1, 0.15) is 24.0 Å². The number of hydrogen-bond acceptors (Lipinski definition) is 5. The van der Waals surface area contributed by atoms with E-state index in [-0.39, 0.29) is 7.43 Å². The summed E-state index contributed by atoms with van der Waals surface area (Å²) in [6.45, 7) is 8.26. The number of nitrogens with zero attached hydrogens (tertiary/aromatic N) is 4. The van der Waals surface area contributed by atoms with Crippen LogP contribution in [-0.4, -0.2) is 9.55 Å². The highest BCUT2D eigenvalue weighted by molar-refractivity contribution is 5.83. The molecule has 0 unspecified atom stereocenters. The van der Waals surface area contributed by atoms with Gasteiger partial charge in [-0.05, 0) is 98.5 Å². The van der Waals surface area contributed by atoms with Crippen molar-refractivity contribution in [1.82, 2.24) is 9.55 Å². The number of benzene rings is 4. The fourth-order valence-corrected chi connectivity index (χ4v) is 4.40. The molecular weight excluding hydrogens is 468 g/mol. The van der Waals surface area contributed by atoms with E-state index in [1.807, 2.05) is 54.8 Å². The van der Waals surface area contributed by atoms with Crippen molar-refractivity contribution >= 4 is 28.1 Å². The minimum Gasteiger partial charge on any atom is -0.396 e. The number of fused-ring (bicyclic) bond motifs is 1. The van der Waals surface area contributed by atoms with E-state index in [1.165, 1.54) is 22.3 Å². The van der Waals surface area contributed by atoms with Gasteiger partial charge in [0.05, 0.1) is 28.0 Å². The number of anilines is 3. The molecule has 0 fully saturated rings. The minimum atomic E-state index is 0. The lowest BCUT2D eigenvalue weighted by Gasteiger charge is -2.11. The highest BCUT2D eigenvalue weighted by atomic mass is 15.0. The molecule has 3 N–H and O–H groups in total. The molecule has 0 saturated carbocycles. The molecule has 4 aromatic carbocycles. The van der Waals surface area contributed by atoms with Crippen LogP contribution in [-0.2, 0) is 0 Å². The fourth-order valence-electron chi connectivity index (χ4n) is 4.40. The van der Waals surface area contributed by atoms with E-state index in [0.717, 1.165) is 28.1 Å². The Balaban J connectivity index is 0.000000206. The Bertz CT molecular complexity index is 1640. The van der Waals surface area contributed by atoms with Gasteiger partial charge in [-0.15, -0.1) is 0 Å². The zero-order valence-electron chi connectivity index (χ0n) is 21.4. The second-order valence-electron chi connectivity index (χ2n) is 9.13. The average Bonchev–Trinajstić information content (AvgIpc) is 3.29. The smallest absolute Gasteiger partial charge is 0.107 e. The Labute approximate surface area is 224 Å². The Morgan fingerprint density at radius 3 is 1.92 bits per heavy atom. The molecule has 0 amide bonds. The summed E-state index contributed by atoms with van der Waals surface area (Å²) in [4.78, 5) is 4.37. The zero-order chi connectivity index (χ0) is 26.5. The summed E-state index contributed by atoms with van der Waals surface area (Å²) in [7, 11) is 0. The Morgan fingerprint density at radius 2 is 1.32 bits per heavy atom. The van der Waals surface area contributed by atoms with E-state index in [4.69, 9.17) is 16.3 Å². The third-order valence-corrected chi connectivity index (χ3v) is 5.91. The number of para-hydroxylation sites is 2. The molecule has 0 atom stereocenters. The van der Waals surface area contributed by atoms with Crippen LogP contribution in [0.25, 0.3) is 16.7 Å². The van der Waals surface area contributed by atoms with Crippen LogP contribution in [0, 0.1) is 50.4 Å². The van der Waals surface area contributed by atoms with Crippen LogP contribution < -0.4 is 11.1 Å². The largest absolute Gasteiger partial charge is 0.396 e. The molecule has 6 heteroatoms. The highest BCUT2D eigenvalue weighted by Gasteiger charge is 2.09. The van der Waals surface area contributed by atoms with E-state index < -0.39 is 0 Å². The summed E-state index contributed by atoms with van der Waals surface area (Å²) in [5, 5.41) is 21.3. The molecule has 1 aromatic heterocycles. The zero-order valence-corrected chi connectivity index (χ0v) is 21.4. The lowest BCUT2D eigenvalue weighted by molar-refractivity contribution is 1.08. The van der Waals surface area contributed by atoms with Crippen molar-refractivity contribution < 1.29 is 0 Å². The van der Waals surface area contributed by atoms with Crippen molar-refractivity contribution in [2.24, 2.45) is 0 Å². The van der Waals surface area contributed by atoms with Crippen molar-refractivity contribution in [3.63, 3.8) is 0 Å². The first kappa shape index (κ1) is 27.5. The monoisotopic (exact) mass is 500 g/mol. The maximum atomic E-state index is 9.10. The van der Waals surface area contributed by atoms with Gasteiger partial charge in [0.15, 0.2) is 0 Å². The average molecular weight is 501 g/mol. The molecule has 5 rings (SSSR count). The molecule has 1 heterocycles. The van der Waals surface area contributed by atoms with Crippen LogP contribution in [0.3, 0.4) is 0 Å². The second-order valence-corrected chi connectivity index (χ2v) is 9.13. The molecule has 0 saturated heterocycles. The van der Waals surface area contributed by atoms with Gasteiger partial charge in [0.2, 0.25) is 0 Å². The van der Waals surface area contributed by atoms with Gasteiger partial charge in [-0.1, -0.05) is 31.7 Å². The number of nitriles is 2. The van der Waals surface area contributed by atoms with Crippen molar-refractivity contribution in [3.05, 3.63) is 113 Å². The molecule has 0 bridgehead atoms. The van der Waals surface area contributed by atoms with Crippen molar-refractivity contribution in [3.8, 4) is 17.8 Å². The molecular formula is C32H32N6. The van der Waals surface area contributed by atoms with Gasteiger partial charge in [-0.2, -0.15) is 10.5 Å². The van der Waals surface area contributed by atoms with Crippen LogP contribution in [0.1, 0.15) is 40.8 Å². The van der Waals surface area contributed by atoms with Gasteiger partial charge in [-0.3, -0.25) is 4.57 Å². The number of rotatable bonds is 3. The standard InChI is InChI=1S/C16H13N3.C15H15N3.CH4/c1-11-6-12(2)8-14(7-11)19-10-18-16-13(9-17)4-3-5-15(16)19;1-10-6-11(2)8-13(7-10)18-14-5-3-4-12(9-16)15(14)17;/h3-8,10H,1-2H3;3-8,18H,17H2,1-2H3;1H4. The lowest BCUT2D eigenvalue weighted by Crippen LogP contribution is -1.99. The van der Waals surface area contributed by atoms with E-state index >= 15 is 0 Å². The van der Waals surface area contributed by atoms with Crippen LogP contribution >= 0.6 is 0 Å². The van der Waals surface area contributed by atoms with Crippen LogP contribution in [0.4, 0.5) is 17.1 Å². The highest BCUT2D eigenvalue weighted by Crippen LogP contribution is 2.27. The van der Waals surface area contributed by atoms with Crippen LogP contribution in [0.2, 0.25) is 0 Å². The van der Waals surface area contributed by atoms with E-state index in [9.17, 15) is 0 Å². The molecule has 6 nitrogen and oxygen atoms in total. The van der Waals surface area contributed by atoms with Crippen LogP contribution in [0.15, 0.2) is 79.1 Å². The van der Waals surface area contributed by atoms with Crippen molar-refractivity contribution in [1.29, 1.82) is 10.5 Å². The molecule has 0 aliphatic carbocycles. The molecule has 0 aliphatic heterocycles. The number of aryl methyl sites for hydroxylation is 4. The number of nitrogens with two attached hydrogens (primary N) is 1. The summed E-state index contributed by atoms with van der Waals surface area (Å²) in [5.74, 6) is 0. The summed E-state index contributed by atoms with van der Waals surface area (Å²) < 4.78 is 2.02. The number of nitrogens with one attached hydrogen (secondary N) is 1. The summed E-state index contributed by atoms with van der Waals surface area (Å²) >= 11 is 0. The minimum absolute atomic E-state index is 0. The predicted molar refractivity (Wildman–Crippen MR) is 157 cm³/mol. The van der Waals surface area contributed by atoms with Gasteiger partial charge < -0.3 is 11.1 Å². The van der Waals surface area contributed by atoms with Crippen molar-refractivity contribution in [2.75, 3.05) is 11.1 Å². The Morgan fingerprint density at radius 1 is 0.763 bits per heavy atom. The SMILES string of the molecule is C.Cc1cc(C)cc(-n2cnc3c(C#N)cccc32)c1.Cc1cc(C)cc(Nc2cccc(C#N)c2N)c1. The number of nitrogen functional groups attached to an aromatic ring is 1. The van der Waals surface area contributed by atoms with Crippen molar-refractivity contribution in [2.45, 2.75) is 35.1 Å². The van der Waals surface area contributed by atoms with Gasteiger partial charge >= 0.3 is 0 Å². The summed E-state index contributed by atoms with van der Waals surface area (Å²) in [6, 6.07) is 27.9. The normalized spacial score (nSPS) is 9.95. The summed E-state index contributed by atoms with van der Waals surface area (Å²) in [5.41, 5.74) is 16.9. The fraction of sp³-hybridized carbons (Fsp3) is 0.156. The molecule has 5 aromatic rings. The Kier molecular flexibility index (Phi) is 8.53. The summed E-state index contributed by atoms with van der Waals surface area (Å²) in [6.07, 6.45) is 1.78. The molecule has 0 spiro atoms. The third-order valence-electron chi connectivity index (χ3n) is 5.91. The Hall–Kier alpha value is -5.07. The molecule has 0 radical (unpaired) electrons. The molecule has 38 heavy (non-hydrogen) atoms. The van der Waals surface area contributed by atoms with E-state index in [1.54, 1.807) is 18.5 Å². The van der Waals surface area contributed by atoms with Gasteiger partial charge in [-0.25, -0.2) is 4.98 Å². The first-order chi connectivity index (χ1) is 17.8. The lowest BCUT2D eigenvalue weighted by atomic mass is 10.1. The number of aromatic nitrogens is 2. The van der Waals surface area contributed by atoms with Gasteiger partial charge in [0.25, 0.3) is 0 Å². The topological polar surface area (TPSA) is 103 Å².